The summed E-state index contributed by atoms with van der Waals surface area (Å²) in [5.74, 6) is 3.69. The Morgan fingerprint density at radius 2 is 1.85 bits per heavy atom. The standard InChI is InChI=1S/C29H42N8O3/c1-17-10-12-19(13-11-17)16-37-23-24(30-18(2)20-6-5-7-20)31-26(27-34-29(38)40-35-27)32-25(23)33-28(37)36-14-15-39-22-9-4-3-8-21(22)36/h17-22H,3-16H2,1-2H3,(H,30,31,32)(H,34,35,38). The number of aromatic nitrogens is 6. The van der Waals surface area contributed by atoms with Gasteiger partial charge >= 0.3 is 5.76 Å². The van der Waals surface area contributed by atoms with E-state index >= 15 is 0 Å². The maximum absolute atomic E-state index is 11.8. The third-order valence-corrected chi connectivity index (χ3v) is 10.0. The van der Waals surface area contributed by atoms with E-state index < -0.39 is 5.76 Å². The Labute approximate surface area is 234 Å². The zero-order chi connectivity index (χ0) is 27.2. The van der Waals surface area contributed by atoms with Gasteiger partial charge in [0.2, 0.25) is 17.6 Å². The highest BCUT2D eigenvalue weighted by Crippen LogP contribution is 2.38. The fraction of sp³-hybridized carbons (Fsp3) is 0.759. The summed E-state index contributed by atoms with van der Waals surface area (Å²) in [7, 11) is 0. The van der Waals surface area contributed by atoms with Gasteiger partial charge in [0.25, 0.3) is 0 Å². The van der Waals surface area contributed by atoms with Crippen LogP contribution in [0.4, 0.5) is 11.8 Å². The van der Waals surface area contributed by atoms with Gasteiger partial charge in [-0.3, -0.25) is 9.51 Å². The molecule has 11 nitrogen and oxygen atoms in total. The molecule has 0 bridgehead atoms. The number of morpholine rings is 1. The number of ether oxygens (including phenoxy) is 1. The Balaban J connectivity index is 1.36. The lowest BCUT2D eigenvalue weighted by Gasteiger charge is -2.44. The van der Waals surface area contributed by atoms with Gasteiger partial charge < -0.3 is 19.5 Å². The molecule has 4 heterocycles. The Hall–Kier alpha value is -2.95. The number of nitrogens with zero attached hydrogens (tertiary/aromatic N) is 6. The van der Waals surface area contributed by atoms with E-state index in [9.17, 15) is 4.79 Å². The SMILES string of the molecule is CC1CCC(Cn2c(N3CCOC4CCCCC43)nc3nc(-c4noc(=O)[nH]4)nc(NC(C)C4CCC4)c32)CC1. The normalized spacial score (nSPS) is 28.3. The van der Waals surface area contributed by atoms with Gasteiger partial charge in [-0.15, -0.1) is 0 Å². The Bertz CT molecular complexity index is 1380. The van der Waals surface area contributed by atoms with Gasteiger partial charge in [-0.1, -0.05) is 44.2 Å². The number of hydrogen-bond donors (Lipinski definition) is 2. The Kier molecular flexibility index (Phi) is 7.01. The third kappa shape index (κ3) is 4.90. The van der Waals surface area contributed by atoms with Gasteiger partial charge in [0.05, 0.1) is 18.8 Å². The number of anilines is 2. The van der Waals surface area contributed by atoms with E-state index in [0.29, 0.717) is 36.0 Å². The third-order valence-electron chi connectivity index (χ3n) is 10.0. The second-order valence-corrected chi connectivity index (χ2v) is 12.7. The van der Waals surface area contributed by atoms with Crippen LogP contribution in [0.15, 0.2) is 9.32 Å². The van der Waals surface area contributed by atoms with Crippen LogP contribution in [0, 0.1) is 17.8 Å². The highest BCUT2D eigenvalue weighted by Gasteiger charge is 2.38. The highest BCUT2D eigenvalue weighted by atomic mass is 16.5. The first-order valence-electron chi connectivity index (χ1n) is 15.5. The van der Waals surface area contributed by atoms with Crippen molar-refractivity contribution >= 4 is 22.9 Å². The molecule has 3 aromatic rings. The minimum Gasteiger partial charge on any atom is -0.374 e. The topological polar surface area (TPSA) is 127 Å². The minimum atomic E-state index is -0.620. The second-order valence-electron chi connectivity index (χ2n) is 12.7. The molecule has 0 amide bonds. The summed E-state index contributed by atoms with van der Waals surface area (Å²) in [6, 6.07) is 0.596. The quantitative estimate of drug-likeness (QED) is 0.429. The van der Waals surface area contributed by atoms with Crippen molar-refractivity contribution in [2.24, 2.45) is 17.8 Å². The molecule has 0 aromatic carbocycles. The first kappa shape index (κ1) is 26.0. The summed E-state index contributed by atoms with van der Waals surface area (Å²) in [4.78, 5) is 31.9. The molecule has 3 aliphatic carbocycles. The molecule has 40 heavy (non-hydrogen) atoms. The first-order valence-corrected chi connectivity index (χ1v) is 15.5. The van der Waals surface area contributed by atoms with Crippen LogP contribution in [-0.4, -0.2) is 61.0 Å². The molecule has 2 N–H and O–H groups in total. The van der Waals surface area contributed by atoms with E-state index in [4.69, 9.17) is 24.2 Å². The van der Waals surface area contributed by atoms with Crippen molar-refractivity contribution < 1.29 is 9.26 Å². The van der Waals surface area contributed by atoms with Crippen molar-refractivity contribution in [1.29, 1.82) is 0 Å². The van der Waals surface area contributed by atoms with Crippen LogP contribution in [0.25, 0.3) is 22.8 Å². The number of fused-ring (bicyclic) bond motifs is 2. The maximum Gasteiger partial charge on any atom is 0.439 e. The van der Waals surface area contributed by atoms with E-state index in [1.807, 2.05) is 0 Å². The van der Waals surface area contributed by atoms with E-state index in [2.05, 4.69) is 38.8 Å². The molecule has 216 valence electrons. The molecule has 1 saturated heterocycles. The number of aromatic amines is 1. The van der Waals surface area contributed by atoms with Crippen molar-refractivity contribution in [3.63, 3.8) is 0 Å². The van der Waals surface area contributed by atoms with Crippen LogP contribution >= 0.6 is 0 Å². The van der Waals surface area contributed by atoms with Crippen molar-refractivity contribution in [3.8, 4) is 11.6 Å². The molecule has 0 spiro atoms. The lowest BCUT2D eigenvalue weighted by molar-refractivity contribution is -0.00958. The number of rotatable bonds is 7. The molecule has 0 radical (unpaired) electrons. The van der Waals surface area contributed by atoms with Crippen LogP contribution in [0.3, 0.4) is 0 Å². The summed E-state index contributed by atoms with van der Waals surface area (Å²) in [6.07, 6.45) is 13.7. The van der Waals surface area contributed by atoms with Crippen LogP contribution in [0.2, 0.25) is 0 Å². The van der Waals surface area contributed by atoms with Crippen molar-refractivity contribution in [2.45, 2.75) is 109 Å². The molecule has 3 unspecified atom stereocenters. The van der Waals surface area contributed by atoms with Gasteiger partial charge in [-0.05, 0) is 63.2 Å². The minimum absolute atomic E-state index is 0.224. The van der Waals surface area contributed by atoms with Gasteiger partial charge in [-0.2, -0.15) is 4.98 Å². The van der Waals surface area contributed by atoms with Crippen LogP contribution < -0.4 is 16.0 Å². The molecule has 3 saturated carbocycles. The smallest absolute Gasteiger partial charge is 0.374 e. The summed E-state index contributed by atoms with van der Waals surface area (Å²) < 4.78 is 13.5. The number of hydrogen-bond acceptors (Lipinski definition) is 9. The van der Waals surface area contributed by atoms with Gasteiger partial charge in [-0.25, -0.2) is 14.8 Å². The van der Waals surface area contributed by atoms with Crippen LogP contribution in [-0.2, 0) is 11.3 Å². The molecule has 3 atom stereocenters. The van der Waals surface area contributed by atoms with Crippen LogP contribution in [0.5, 0.6) is 0 Å². The predicted molar refractivity (Wildman–Crippen MR) is 152 cm³/mol. The Morgan fingerprint density at radius 3 is 2.60 bits per heavy atom. The lowest BCUT2D eigenvalue weighted by Crippen LogP contribution is -2.53. The molecule has 4 aliphatic rings. The predicted octanol–water partition coefficient (Wildman–Crippen LogP) is 4.74. The molecule has 3 aromatic heterocycles. The monoisotopic (exact) mass is 550 g/mol. The molecule has 11 heteroatoms. The van der Waals surface area contributed by atoms with Gasteiger partial charge in [0.15, 0.2) is 11.5 Å². The largest absolute Gasteiger partial charge is 0.439 e. The molecular weight excluding hydrogens is 508 g/mol. The molecular formula is C29H42N8O3. The van der Waals surface area contributed by atoms with Gasteiger partial charge in [0, 0.05) is 19.1 Å². The fourth-order valence-electron chi connectivity index (χ4n) is 7.34. The van der Waals surface area contributed by atoms with E-state index in [-0.39, 0.29) is 18.0 Å². The van der Waals surface area contributed by atoms with E-state index in [0.717, 1.165) is 49.1 Å². The Morgan fingerprint density at radius 1 is 1.02 bits per heavy atom. The van der Waals surface area contributed by atoms with Gasteiger partial charge in [0.1, 0.15) is 5.52 Å². The highest BCUT2D eigenvalue weighted by molar-refractivity contribution is 5.87. The lowest BCUT2D eigenvalue weighted by atomic mass is 9.80. The first-order chi connectivity index (χ1) is 19.5. The molecule has 7 rings (SSSR count). The van der Waals surface area contributed by atoms with Crippen molar-refractivity contribution in [3.05, 3.63) is 10.6 Å². The summed E-state index contributed by atoms with van der Waals surface area (Å²) >= 11 is 0. The zero-order valence-electron chi connectivity index (χ0n) is 23.8. The summed E-state index contributed by atoms with van der Waals surface area (Å²) in [5.41, 5.74) is 1.59. The number of H-pyrrole nitrogens is 1. The molecule has 4 fully saturated rings. The van der Waals surface area contributed by atoms with Crippen molar-refractivity contribution in [1.82, 2.24) is 29.7 Å². The number of nitrogens with one attached hydrogen (secondary N) is 2. The van der Waals surface area contributed by atoms with Crippen molar-refractivity contribution in [2.75, 3.05) is 23.4 Å². The number of imidazole rings is 1. The van der Waals surface area contributed by atoms with Crippen LogP contribution in [0.1, 0.15) is 84.5 Å². The average Bonchev–Trinajstić information content (AvgIpc) is 3.52. The van der Waals surface area contributed by atoms with E-state index in [1.165, 1.54) is 57.8 Å². The second kappa shape index (κ2) is 10.8. The van der Waals surface area contributed by atoms with E-state index in [1.54, 1.807) is 0 Å². The summed E-state index contributed by atoms with van der Waals surface area (Å²) in [6.45, 7) is 7.06. The molecule has 1 aliphatic heterocycles. The maximum atomic E-state index is 11.8. The fourth-order valence-corrected chi connectivity index (χ4v) is 7.34. The average molecular weight is 551 g/mol. The summed E-state index contributed by atoms with van der Waals surface area (Å²) in [5, 5.41) is 7.65. The zero-order valence-corrected chi connectivity index (χ0v) is 23.8.